The van der Waals surface area contributed by atoms with Crippen LogP contribution in [0.15, 0.2) is 60.3 Å². The van der Waals surface area contributed by atoms with Gasteiger partial charge in [-0.25, -0.2) is 9.69 Å². The number of hydrogen-bond acceptors (Lipinski definition) is 5. The molecular formula is C23H18ClN3O5. The Morgan fingerprint density at radius 3 is 2.53 bits per heavy atom. The first-order valence-corrected chi connectivity index (χ1v) is 10.2. The Kier molecular flexibility index (Phi) is 5.79. The van der Waals surface area contributed by atoms with E-state index in [1.807, 2.05) is 24.3 Å². The minimum atomic E-state index is -0.843. The molecule has 0 atom stereocenters. The Balaban J connectivity index is 1.76. The molecule has 2 aromatic carbocycles. The van der Waals surface area contributed by atoms with E-state index in [0.29, 0.717) is 10.6 Å². The van der Waals surface area contributed by atoms with E-state index < -0.39 is 23.8 Å². The van der Waals surface area contributed by atoms with Crippen LogP contribution in [0.5, 0.6) is 0 Å². The number of urea groups is 1. The molecule has 0 bridgehead atoms. The van der Waals surface area contributed by atoms with Gasteiger partial charge in [0.15, 0.2) is 0 Å². The zero-order valence-electron chi connectivity index (χ0n) is 17.0. The summed E-state index contributed by atoms with van der Waals surface area (Å²) >= 11 is 5.89. The number of carbonyl (C=O) groups excluding carboxylic acids is 4. The maximum atomic E-state index is 13.1. The number of anilines is 1. The van der Waals surface area contributed by atoms with E-state index in [2.05, 4.69) is 5.32 Å². The lowest BCUT2D eigenvalue weighted by molar-refractivity contribution is -0.143. The lowest BCUT2D eigenvalue weighted by Crippen LogP contribution is -2.54. The number of carbonyl (C=O) groups is 4. The van der Waals surface area contributed by atoms with Crippen molar-refractivity contribution in [3.63, 3.8) is 0 Å². The summed E-state index contributed by atoms with van der Waals surface area (Å²) in [5.74, 6) is -1.96. The second-order valence-corrected chi connectivity index (χ2v) is 7.41. The molecule has 1 N–H and O–H groups in total. The summed E-state index contributed by atoms with van der Waals surface area (Å²) in [5, 5.41) is 3.37. The van der Waals surface area contributed by atoms with E-state index in [-0.39, 0.29) is 24.4 Å². The molecule has 1 saturated heterocycles. The molecule has 8 nitrogen and oxygen atoms in total. The summed E-state index contributed by atoms with van der Waals surface area (Å²) in [6.45, 7) is 1.97. The quantitative estimate of drug-likeness (QED) is 0.363. The van der Waals surface area contributed by atoms with Gasteiger partial charge in [0.25, 0.3) is 11.8 Å². The second-order valence-electron chi connectivity index (χ2n) is 6.97. The van der Waals surface area contributed by atoms with Gasteiger partial charge in [-0.3, -0.25) is 19.7 Å². The average Bonchev–Trinajstić information content (AvgIpc) is 3.10. The lowest BCUT2D eigenvalue weighted by Gasteiger charge is -2.26. The molecule has 1 aliphatic heterocycles. The number of amides is 4. The van der Waals surface area contributed by atoms with Gasteiger partial charge in [0.05, 0.1) is 12.3 Å². The van der Waals surface area contributed by atoms with Gasteiger partial charge in [0, 0.05) is 27.7 Å². The highest BCUT2D eigenvalue weighted by molar-refractivity contribution is 6.39. The number of rotatable bonds is 5. The van der Waals surface area contributed by atoms with Crippen molar-refractivity contribution in [3.05, 3.63) is 70.9 Å². The van der Waals surface area contributed by atoms with E-state index in [4.69, 9.17) is 16.3 Å². The van der Waals surface area contributed by atoms with Crippen molar-refractivity contribution in [2.24, 2.45) is 0 Å². The molecule has 3 aromatic rings. The maximum absolute atomic E-state index is 13.1. The third kappa shape index (κ3) is 4.00. The highest BCUT2D eigenvalue weighted by atomic mass is 35.5. The molecule has 0 unspecified atom stereocenters. The smallest absolute Gasteiger partial charge is 0.335 e. The number of para-hydroxylation sites is 1. The van der Waals surface area contributed by atoms with E-state index >= 15 is 0 Å². The first kappa shape index (κ1) is 21.3. The van der Waals surface area contributed by atoms with Gasteiger partial charge < -0.3 is 9.30 Å². The number of aromatic nitrogens is 1. The topological polar surface area (TPSA) is 97.7 Å². The number of hydrogen-bond donors (Lipinski definition) is 1. The predicted molar refractivity (Wildman–Crippen MR) is 119 cm³/mol. The van der Waals surface area contributed by atoms with Gasteiger partial charge in [-0.1, -0.05) is 29.8 Å². The minimum Gasteiger partial charge on any atom is -0.465 e. The second kappa shape index (κ2) is 8.68. The molecule has 0 spiro atoms. The third-order valence-corrected chi connectivity index (χ3v) is 5.16. The molecule has 2 heterocycles. The molecule has 4 amide bonds. The molecule has 9 heteroatoms. The summed E-state index contributed by atoms with van der Waals surface area (Å²) < 4.78 is 6.71. The van der Waals surface area contributed by atoms with Crippen molar-refractivity contribution >= 4 is 58.1 Å². The molecule has 0 aliphatic carbocycles. The predicted octanol–water partition coefficient (Wildman–Crippen LogP) is 3.52. The fourth-order valence-corrected chi connectivity index (χ4v) is 3.63. The highest BCUT2D eigenvalue weighted by Crippen LogP contribution is 2.27. The SMILES string of the molecule is CCOC(=O)Cn1cc(/C=C2/C(=O)NC(=O)N(c3ccc(Cl)cc3)C2=O)c2ccccc21. The Labute approximate surface area is 188 Å². The van der Waals surface area contributed by atoms with Crippen LogP contribution in [0.3, 0.4) is 0 Å². The minimum absolute atomic E-state index is 0.0208. The van der Waals surface area contributed by atoms with Gasteiger partial charge in [-0.05, 0) is 43.3 Å². The monoisotopic (exact) mass is 451 g/mol. The Morgan fingerprint density at radius 1 is 1.09 bits per heavy atom. The number of esters is 1. The van der Waals surface area contributed by atoms with Crippen molar-refractivity contribution < 1.29 is 23.9 Å². The zero-order chi connectivity index (χ0) is 22.8. The van der Waals surface area contributed by atoms with Crippen LogP contribution in [0.25, 0.3) is 17.0 Å². The number of nitrogens with zero attached hydrogens (tertiary/aromatic N) is 2. The molecule has 1 aliphatic rings. The van der Waals surface area contributed by atoms with E-state index in [1.165, 1.54) is 18.2 Å². The van der Waals surface area contributed by atoms with Crippen LogP contribution in [-0.4, -0.2) is 35.0 Å². The van der Waals surface area contributed by atoms with Crippen LogP contribution >= 0.6 is 11.6 Å². The van der Waals surface area contributed by atoms with Crippen LogP contribution in [0.1, 0.15) is 12.5 Å². The Bertz CT molecular complexity index is 1280. The number of halogens is 1. The van der Waals surface area contributed by atoms with Crippen LogP contribution in [0.2, 0.25) is 5.02 Å². The van der Waals surface area contributed by atoms with Gasteiger partial charge in [-0.15, -0.1) is 0 Å². The van der Waals surface area contributed by atoms with E-state index in [9.17, 15) is 19.2 Å². The summed E-state index contributed by atoms with van der Waals surface area (Å²) in [7, 11) is 0. The maximum Gasteiger partial charge on any atom is 0.335 e. The normalized spacial score (nSPS) is 15.4. The summed E-state index contributed by atoms with van der Waals surface area (Å²) in [4.78, 5) is 50.8. The molecule has 0 radical (unpaired) electrons. The van der Waals surface area contributed by atoms with Gasteiger partial charge in [0.1, 0.15) is 12.1 Å². The number of barbiturate groups is 1. The molecule has 32 heavy (non-hydrogen) atoms. The van der Waals surface area contributed by atoms with Gasteiger partial charge in [0.2, 0.25) is 0 Å². The van der Waals surface area contributed by atoms with Crippen molar-refractivity contribution in [2.45, 2.75) is 13.5 Å². The summed E-state index contributed by atoms with van der Waals surface area (Å²) in [6.07, 6.45) is 3.08. The number of fused-ring (bicyclic) bond motifs is 1. The van der Waals surface area contributed by atoms with Crippen molar-refractivity contribution in [2.75, 3.05) is 11.5 Å². The molecule has 162 valence electrons. The van der Waals surface area contributed by atoms with Crippen molar-refractivity contribution in [3.8, 4) is 0 Å². The largest absolute Gasteiger partial charge is 0.465 e. The number of nitrogens with one attached hydrogen (secondary N) is 1. The molecule has 4 rings (SSSR count). The zero-order valence-corrected chi connectivity index (χ0v) is 17.8. The highest BCUT2D eigenvalue weighted by Gasteiger charge is 2.37. The van der Waals surface area contributed by atoms with E-state index in [1.54, 1.807) is 29.8 Å². The van der Waals surface area contributed by atoms with Crippen LogP contribution in [-0.2, 0) is 25.7 Å². The first-order chi connectivity index (χ1) is 15.4. The molecular weight excluding hydrogens is 434 g/mol. The molecule has 1 fully saturated rings. The number of benzene rings is 2. The Hall–Kier alpha value is -3.91. The van der Waals surface area contributed by atoms with E-state index in [0.717, 1.165) is 15.8 Å². The lowest BCUT2D eigenvalue weighted by atomic mass is 10.1. The van der Waals surface area contributed by atoms with Crippen molar-refractivity contribution in [1.29, 1.82) is 0 Å². The fraction of sp³-hybridized carbons (Fsp3) is 0.130. The van der Waals surface area contributed by atoms with Gasteiger partial charge >= 0.3 is 12.0 Å². The number of imide groups is 2. The third-order valence-electron chi connectivity index (χ3n) is 4.91. The Morgan fingerprint density at radius 2 is 1.81 bits per heavy atom. The van der Waals surface area contributed by atoms with Gasteiger partial charge in [-0.2, -0.15) is 0 Å². The molecule has 0 saturated carbocycles. The average molecular weight is 452 g/mol. The summed E-state index contributed by atoms with van der Waals surface area (Å²) in [6, 6.07) is 12.5. The standard InChI is InChI=1S/C23H18ClN3O5/c1-2-32-20(28)13-26-12-14(17-5-3-4-6-19(17)26)11-18-21(29)25-23(31)27(22(18)30)16-9-7-15(24)8-10-16/h3-12H,2,13H2,1H3,(H,25,29,31)/b18-11-. The fourth-order valence-electron chi connectivity index (χ4n) is 3.50. The first-order valence-electron chi connectivity index (χ1n) is 9.79. The van der Waals surface area contributed by atoms with Crippen LogP contribution in [0, 0.1) is 0 Å². The van der Waals surface area contributed by atoms with Crippen LogP contribution in [0.4, 0.5) is 10.5 Å². The van der Waals surface area contributed by atoms with Crippen molar-refractivity contribution in [1.82, 2.24) is 9.88 Å². The number of ether oxygens (including phenoxy) is 1. The molecule has 1 aromatic heterocycles. The van der Waals surface area contributed by atoms with Crippen LogP contribution < -0.4 is 10.2 Å². The summed E-state index contributed by atoms with van der Waals surface area (Å²) in [5.41, 5.74) is 1.36.